The lowest BCUT2D eigenvalue weighted by atomic mass is 10.1. The summed E-state index contributed by atoms with van der Waals surface area (Å²) in [5.74, 6) is -0.543. The van der Waals surface area contributed by atoms with Gasteiger partial charge in [-0.1, -0.05) is 35.3 Å². The number of anilines is 1. The summed E-state index contributed by atoms with van der Waals surface area (Å²) < 4.78 is 31.9. The molecule has 6 nitrogen and oxygen atoms in total. The third-order valence-electron chi connectivity index (χ3n) is 5.30. The Balaban J connectivity index is 1.24. The van der Waals surface area contributed by atoms with Gasteiger partial charge in [0.1, 0.15) is 5.82 Å². The van der Waals surface area contributed by atoms with Gasteiger partial charge in [-0.3, -0.25) is 9.69 Å². The molecule has 1 atom stereocenters. The van der Waals surface area contributed by atoms with Gasteiger partial charge in [0.2, 0.25) is 5.13 Å². The number of benzene rings is 2. The van der Waals surface area contributed by atoms with E-state index in [0.717, 1.165) is 37.7 Å². The van der Waals surface area contributed by atoms with Gasteiger partial charge in [-0.2, -0.15) is 9.36 Å². The quantitative estimate of drug-likeness (QED) is 0.502. The summed E-state index contributed by atoms with van der Waals surface area (Å²) in [5.41, 5.74) is 0.754. The third kappa shape index (κ3) is 6.17. The van der Waals surface area contributed by atoms with Crippen molar-refractivity contribution in [2.45, 2.75) is 6.17 Å². The Morgan fingerprint density at radius 2 is 1.76 bits per heavy atom. The molecule has 3 aromatic rings. The molecule has 2 aromatic carbocycles. The monoisotopic (exact) mass is 511 g/mol. The first kappa shape index (κ1) is 23.8. The summed E-state index contributed by atoms with van der Waals surface area (Å²) in [7, 11) is 0. The second kappa shape index (κ2) is 10.7. The van der Waals surface area contributed by atoms with Crippen molar-refractivity contribution in [1.29, 1.82) is 0 Å². The van der Waals surface area contributed by atoms with Gasteiger partial charge >= 0.3 is 0 Å². The van der Waals surface area contributed by atoms with Crippen LogP contribution >= 0.6 is 34.7 Å². The van der Waals surface area contributed by atoms with E-state index in [0.29, 0.717) is 39.4 Å². The minimum Gasteiger partial charge on any atom is -0.351 e. The minimum atomic E-state index is -1.49. The van der Waals surface area contributed by atoms with Crippen LogP contribution in [0.25, 0.3) is 0 Å². The largest absolute Gasteiger partial charge is 0.351 e. The molecule has 0 spiro atoms. The smallest absolute Gasteiger partial charge is 0.251 e. The van der Waals surface area contributed by atoms with Crippen LogP contribution in [0.15, 0.2) is 42.5 Å². The molecule has 1 fully saturated rings. The summed E-state index contributed by atoms with van der Waals surface area (Å²) in [5, 5.41) is 4.38. The van der Waals surface area contributed by atoms with Gasteiger partial charge in [0, 0.05) is 66.4 Å². The summed E-state index contributed by atoms with van der Waals surface area (Å²) in [6.45, 7) is 4.20. The number of nitrogens with zero attached hydrogens (tertiary/aromatic N) is 4. The van der Waals surface area contributed by atoms with Crippen molar-refractivity contribution in [3.05, 3.63) is 75.3 Å². The molecule has 1 aliphatic rings. The fraction of sp³-hybridized carbons (Fsp3) is 0.318. The topological polar surface area (TPSA) is 61.4 Å². The maximum atomic E-state index is 14.7. The highest BCUT2D eigenvalue weighted by atomic mass is 35.5. The van der Waals surface area contributed by atoms with Crippen molar-refractivity contribution in [2.75, 3.05) is 44.2 Å². The number of amides is 1. The number of aromatic nitrogens is 2. The van der Waals surface area contributed by atoms with Gasteiger partial charge in [-0.05, 0) is 35.9 Å². The van der Waals surface area contributed by atoms with Crippen LogP contribution in [-0.4, -0.2) is 59.4 Å². The molecule has 33 heavy (non-hydrogen) atoms. The molecule has 0 saturated carbocycles. The van der Waals surface area contributed by atoms with Crippen LogP contribution in [0.2, 0.25) is 10.0 Å². The number of piperazine rings is 1. The molecule has 1 N–H and O–H groups in total. The van der Waals surface area contributed by atoms with E-state index < -0.39 is 12.0 Å². The van der Waals surface area contributed by atoms with E-state index in [9.17, 15) is 13.6 Å². The van der Waals surface area contributed by atoms with Crippen molar-refractivity contribution < 1.29 is 13.6 Å². The molecule has 1 aliphatic heterocycles. The Bertz CT molecular complexity index is 1090. The molecule has 1 saturated heterocycles. The highest BCUT2D eigenvalue weighted by molar-refractivity contribution is 7.09. The van der Waals surface area contributed by atoms with Crippen molar-refractivity contribution in [3.8, 4) is 0 Å². The molecule has 0 radical (unpaired) electrons. The average Bonchev–Trinajstić information content (AvgIpc) is 3.29. The van der Waals surface area contributed by atoms with Crippen molar-refractivity contribution >= 4 is 45.8 Å². The first-order valence-corrected chi connectivity index (χ1v) is 11.9. The van der Waals surface area contributed by atoms with Crippen molar-refractivity contribution in [3.63, 3.8) is 0 Å². The fourth-order valence-electron chi connectivity index (χ4n) is 3.52. The molecule has 0 aliphatic carbocycles. The highest BCUT2D eigenvalue weighted by Crippen LogP contribution is 2.28. The molecule has 11 heteroatoms. The number of hydrogen-bond acceptors (Lipinski definition) is 6. The summed E-state index contributed by atoms with van der Waals surface area (Å²) >= 11 is 13.1. The zero-order valence-electron chi connectivity index (χ0n) is 17.5. The Labute approximate surface area is 204 Å². The molecule has 0 bridgehead atoms. The van der Waals surface area contributed by atoms with Crippen LogP contribution < -0.4 is 10.2 Å². The van der Waals surface area contributed by atoms with E-state index >= 15 is 0 Å². The Hall–Kier alpha value is -2.33. The molecule has 4 rings (SSSR count). The Morgan fingerprint density at radius 1 is 1.09 bits per heavy atom. The van der Waals surface area contributed by atoms with E-state index in [2.05, 4.69) is 24.5 Å². The van der Waals surface area contributed by atoms with Gasteiger partial charge in [-0.15, -0.1) is 0 Å². The SMILES string of the molecule is O=C(NCCN1CCN(c2nc(C(F)c3ccc(F)cc3)ns2)CC1)c1cc(Cl)cc(Cl)c1. The molecule has 174 valence electrons. The number of rotatable bonds is 7. The van der Waals surface area contributed by atoms with E-state index in [4.69, 9.17) is 23.2 Å². The molecule has 2 heterocycles. The maximum absolute atomic E-state index is 14.7. The first-order valence-electron chi connectivity index (χ1n) is 10.3. The van der Waals surface area contributed by atoms with E-state index in [1.165, 1.54) is 24.3 Å². The predicted molar refractivity (Wildman–Crippen MR) is 127 cm³/mol. The summed E-state index contributed by atoms with van der Waals surface area (Å²) in [6.07, 6.45) is -1.49. The second-order valence-electron chi connectivity index (χ2n) is 7.59. The van der Waals surface area contributed by atoms with E-state index in [-0.39, 0.29) is 11.7 Å². The van der Waals surface area contributed by atoms with E-state index in [1.807, 2.05) is 0 Å². The van der Waals surface area contributed by atoms with Gasteiger partial charge in [0.25, 0.3) is 5.91 Å². The second-order valence-corrected chi connectivity index (χ2v) is 9.20. The summed E-state index contributed by atoms with van der Waals surface area (Å²) in [6, 6.07) is 9.99. The standard InChI is InChI=1S/C22H21Cl2F2N5OS/c23-16-11-15(12-17(24)13-16)21(32)27-5-6-30-7-9-31(10-8-30)22-28-20(29-33-22)19(26)14-1-3-18(25)4-2-14/h1-4,11-13,19H,5-10H2,(H,27,32). The zero-order valence-corrected chi connectivity index (χ0v) is 19.8. The average molecular weight is 512 g/mol. The van der Waals surface area contributed by atoms with Gasteiger partial charge in [-0.25, -0.2) is 8.78 Å². The molecular weight excluding hydrogens is 491 g/mol. The normalized spacial score (nSPS) is 15.5. The number of halogens is 4. The molecule has 1 unspecified atom stereocenters. The number of carbonyl (C=O) groups excluding carboxylic acids is 1. The number of hydrogen-bond donors (Lipinski definition) is 1. The van der Waals surface area contributed by atoms with Crippen LogP contribution in [-0.2, 0) is 0 Å². The zero-order chi connectivity index (χ0) is 23.4. The van der Waals surface area contributed by atoms with Crippen LogP contribution in [0.4, 0.5) is 13.9 Å². The maximum Gasteiger partial charge on any atom is 0.251 e. The lowest BCUT2D eigenvalue weighted by Gasteiger charge is -2.34. The van der Waals surface area contributed by atoms with Crippen molar-refractivity contribution in [2.24, 2.45) is 0 Å². The van der Waals surface area contributed by atoms with E-state index in [1.54, 1.807) is 18.2 Å². The highest BCUT2D eigenvalue weighted by Gasteiger charge is 2.23. The summed E-state index contributed by atoms with van der Waals surface area (Å²) in [4.78, 5) is 21.0. The van der Waals surface area contributed by atoms with Crippen LogP contribution in [0.3, 0.4) is 0 Å². The first-order chi connectivity index (χ1) is 15.9. The number of nitrogens with one attached hydrogen (secondary N) is 1. The lowest BCUT2D eigenvalue weighted by molar-refractivity contribution is 0.0947. The van der Waals surface area contributed by atoms with Crippen LogP contribution in [0.1, 0.15) is 27.9 Å². The molecule has 1 aromatic heterocycles. The van der Waals surface area contributed by atoms with Crippen LogP contribution in [0.5, 0.6) is 0 Å². The Morgan fingerprint density at radius 3 is 2.42 bits per heavy atom. The van der Waals surface area contributed by atoms with Gasteiger partial charge in [0.05, 0.1) is 0 Å². The lowest BCUT2D eigenvalue weighted by Crippen LogP contribution is -2.48. The predicted octanol–water partition coefficient (Wildman–Crippen LogP) is 4.59. The number of alkyl halides is 1. The van der Waals surface area contributed by atoms with Crippen LogP contribution in [0, 0.1) is 5.82 Å². The van der Waals surface area contributed by atoms with Gasteiger partial charge < -0.3 is 10.2 Å². The minimum absolute atomic E-state index is 0.0906. The molecular formula is C22H21Cl2F2N5OS. The number of carbonyl (C=O) groups is 1. The third-order valence-corrected chi connectivity index (χ3v) is 6.53. The fourth-order valence-corrected chi connectivity index (χ4v) is 4.78. The van der Waals surface area contributed by atoms with Gasteiger partial charge in [0.15, 0.2) is 12.0 Å². The van der Waals surface area contributed by atoms with Crippen molar-refractivity contribution in [1.82, 2.24) is 19.6 Å². The Kier molecular flexibility index (Phi) is 7.75. The molecule has 1 amide bonds.